The van der Waals surface area contributed by atoms with Crippen LogP contribution < -0.4 is 10.1 Å². The lowest BCUT2D eigenvalue weighted by Gasteiger charge is -2.13. The number of ether oxygens (including phenoxy) is 1. The van der Waals surface area contributed by atoms with Crippen molar-refractivity contribution in [3.8, 4) is 5.75 Å². The largest absolute Gasteiger partial charge is 0.496 e. The molecule has 0 heterocycles. The van der Waals surface area contributed by atoms with Gasteiger partial charge in [0.05, 0.1) is 7.11 Å². The Balaban J connectivity index is 2.33. The highest BCUT2D eigenvalue weighted by atomic mass is 35.5. The van der Waals surface area contributed by atoms with Crippen molar-refractivity contribution in [1.29, 1.82) is 0 Å². The number of methoxy groups -OCH3 is 1. The summed E-state index contributed by atoms with van der Waals surface area (Å²) in [5.74, 6) is -5.59. The maximum Gasteiger partial charge on any atom is 0.185 e. The van der Waals surface area contributed by atoms with Gasteiger partial charge in [-0.25, -0.2) is 17.6 Å². The van der Waals surface area contributed by atoms with Crippen molar-refractivity contribution < 1.29 is 22.3 Å². The molecule has 0 amide bonds. The monoisotopic (exact) mass is 319 g/mol. The Morgan fingerprint density at radius 1 is 1.10 bits per heavy atom. The van der Waals surface area contributed by atoms with E-state index in [0.29, 0.717) is 16.3 Å². The molecule has 0 saturated carbocycles. The van der Waals surface area contributed by atoms with Crippen LogP contribution in [0.15, 0.2) is 24.3 Å². The number of rotatable bonds is 4. The van der Waals surface area contributed by atoms with E-state index in [-0.39, 0.29) is 12.6 Å². The molecule has 0 spiro atoms. The third kappa shape index (κ3) is 3.05. The van der Waals surface area contributed by atoms with Crippen LogP contribution in [0.3, 0.4) is 0 Å². The van der Waals surface area contributed by atoms with Gasteiger partial charge in [0.2, 0.25) is 0 Å². The van der Waals surface area contributed by atoms with Gasteiger partial charge in [0, 0.05) is 23.2 Å². The van der Waals surface area contributed by atoms with Crippen LogP contribution in [0.5, 0.6) is 5.75 Å². The predicted molar refractivity (Wildman–Crippen MR) is 71.6 cm³/mol. The second kappa shape index (κ2) is 6.22. The smallest absolute Gasteiger partial charge is 0.185 e. The van der Waals surface area contributed by atoms with Crippen molar-refractivity contribution >= 4 is 17.3 Å². The van der Waals surface area contributed by atoms with Gasteiger partial charge in [-0.05, 0) is 12.1 Å². The highest BCUT2D eigenvalue weighted by Crippen LogP contribution is 2.29. The molecule has 2 aromatic carbocycles. The van der Waals surface area contributed by atoms with Gasteiger partial charge in [-0.1, -0.05) is 17.7 Å². The van der Waals surface area contributed by atoms with Crippen LogP contribution in [-0.2, 0) is 6.54 Å². The topological polar surface area (TPSA) is 21.3 Å². The maximum absolute atomic E-state index is 13.5. The Hall–Kier alpha value is -1.95. The van der Waals surface area contributed by atoms with Gasteiger partial charge < -0.3 is 10.1 Å². The predicted octanol–water partition coefficient (Wildman–Crippen LogP) is 4.52. The van der Waals surface area contributed by atoms with Crippen molar-refractivity contribution in [2.24, 2.45) is 0 Å². The van der Waals surface area contributed by atoms with Crippen molar-refractivity contribution in [1.82, 2.24) is 0 Å². The second-order valence-electron chi connectivity index (χ2n) is 4.12. The molecule has 0 saturated heterocycles. The second-order valence-corrected chi connectivity index (χ2v) is 4.52. The van der Waals surface area contributed by atoms with Crippen LogP contribution in [0.1, 0.15) is 5.56 Å². The fourth-order valence-corrected chi connectivity index (χ4v) is 2.04. The number of anilines is 1. The summed E-state index contributed by atoms with van der Waals surface area (Å²) in [4.78, 5) is 0. The van der Waals surface area contributed by atoms with Gasteiger partial charge in [-0.3, -0.25) is 0 Å². The normalized spacial score (nSPS) is 10.6. The minimum atomic E-state index is -1.50. The average Bonchev–Trinajstić information content (AvgIpc) is 2.46. The van der Waals surface area contributed by atoms with E-state index >= 15 is 0 Å². The number of nitrogens with one attached hydrogen (secondary N) is 1. The first kappa shape index (κ1) is 15.4. The summed E-state index contributed by atoms with van der Waals surface area (Å²) in [5, 5.41) is 2.59. The molecule has 0 radical (unpaired) electrons. The van der Waals surface area contributed by atoms with E-state index in [2.05, 4.69) is 5.32 Å². The summed E-state index contributed by atoms with van der Waals surface area (Å²) in [5.41, 5.74) is -0.486. The number of benzene rings is 2. The molecule has 2 nitrogen and oxygen atoms in total. The van der Waals surface area contributed by atoms with E-state index in [9.17, 15) is 17.6 Å². The molecule has 0 bridgehead atoms. The van der Waals surface area contributed by atoms with Gasteiger partial charge in [-0.2, -0.15) is 0 Å². The van der Waals surface area contributed by atoms with Crippen LogP contribution >= 0.6 is 11.6 Å². The zero-order valence-corrected chi connectivity index (χ0v) is 11.6. The zero-order valence-electron chi connectivity index (χ0n) is 10.8. The van der Waals surface area contributed by atoms with Crippen LogP contribution in [0.2, 0.25) is 5.02 Å². The van der Waals surface area contributed by atoms with Crippen LogP contribution in [-0.4, -0.2) is 7.11 Å². The quantitative estimate of drug-likeness (QED) is 0.661. The number of hydrogen-bond acceptors (Lipinski definition) is 2. The summed E-state index contributed by atoms with van der Waals surface area (Å²) >= 11 is 5.96. The lowest BCUT2D eigenvalue weighted by molar-refractivity contribution is 0.410. The summed E-state index contributed by atoms with van der Waals surface area (Å²) < 4.78 is 58.3. The van der Waals surface area contributed by atoms with Gasteiger partial charge in [0.1, 0.15) is 11.4 Å². The fraction of sp³-hybridized carbons (Fsp3) is 0.143. The molecule has 0 aliphatic heterocycles. The van der Waals surface area contributed by atoms with Crippen molar-refractivity contribution in [2.75, 3.05) is 12.4 Å². The Labute approximate surface area is 123 Å². The molecule has 0 aromatic heterocycles. The molecular weight excluding hydrogens is 310 g/mol. The Morgan fingerprint density at radius 2 is 1.71 bits per heavy atom. The first-order valence-electron chi connectivity index (χ1n) is 5.84. The third-order valence-electron chi connectivity index (χ3n) is 2.85. The highest BCUT2D eigenvalue weighted by Gasteiger charge is 2.19. The highest BCUT2D eigenvalue weighted by molar-refractivity contribution is 6.31. The lowest BCUT2D eigenvalue weighted by atomic mass is 10.2. The molecule has 2 rings (SSSR count). The fourth-order valence-electron chi connectivity index (χ4n) is 1.81. The summed E-state index contributed by atoms with van der Waals surface area (Å²) in [6, 6.07) is 4.93. The summed E-state index contributed by atoms with van der Waals surface area (Å²) in [6.45, 7) is -0.167. The van der Waals surface area contributed by atoms with Crippen molar-refractivity contribution in [3.05, 3.63) is 58.1 Å². The first-order chi connectivity index (χ1) is 9.95. The average molecular weight is 320 g/mol. The van der Waals surface area contributed by atoms with Crippen molar-refractivity contribution in [2.45, 2.75) is 6.54 Å². The number of halogens is 5. The minimum absolute atomic E-state index is 0.145. The molecule has 2 aromatic rings. The van der Waals surface area contributed by atoms with Crippen molar-refractivity contribution in [3.63, 3.8) is 0 Å². The molecule has 0 unspecified atom stereocenters. The van der Waals surface area contributed by atoms with E-state index in [0.717, 1.165) is 0 Å². The van der Waals surface area contributed by atoms with Crippen LogP contribution in [0, 0.1) is 23.3 Å². The van der Waals surface area contributed by atoms with E-state index in [1.165, 1.54) is 7.11 Å². The van der Waals surface area contributed by atoms with E-state index in [4.69, 9.17) is 16.3 Å². The maximum atomic E-state index is 13.5. The van der Waals surface area contributed by atoms with Gasteiger partial charge in [-0.15, -0.1) is 0 Å². The molecule has 1 N–H and O–H groups in total. The molecule has 112 valence electrons. The van der Waals surface area contributed by atoms with Gasteiger partial charge >= 0.3 is 0 Å². The Kier molecular flexibility index (Phi) is 4.57. The molecule has 0 aliphatic carbocycles. The SMILES string of the molecule is COc1cccc(Cl)c1CNc1c(F)c(F)cc(F)c1F. The minimum Gasteiger partial charge on any atom is -0.496 e. The van der Waals surface area contributed by atoms with E-state index in [1.54, 1.807) is 18.2 Å². The summed E-state index contributed by atoms with van der Waals surface area (Å²) in [7, 11) is 1.40. The first-order valence-corrected chi connectivity index (χ1v) is 6.21. The van der Waals surface area contributed by atoms with E-state index in [1.807, 2.05) is 0 Å². The lowest BCUT2D eigenvalue weighted by Crippen LogP contribution is -2.08. The summed E-state index contributed by atoms with van der Waals surface area (Å²) in [6.07, 6.45) is 0. The van der Waals surface area contributed by atoms with Crippen LogP contribution in [0.4, 0.5) is 23.2 Å². The van der Waals surface area contributed by atoms with E-state index < -0.39 is 29.0 Å². The molecule has 0 atom stereocenters. The molecule has 0 aliphatic rings. The van der Waals surface area contributed by atoms with Crippen LogP contribution in [0.25, 0.3) is 0 Å². The Bertz CT molecular complexity index is 652. The zero-order chi connectivity index (χ0) is 15.6. The molecule has 0 fully saturated rings. The molecule has 7 heteroatoms. The molecule has 21 heavy (non-hydrogen) atoms. The third-order valence-corrected chi connectivity index (χ3v) is 3.20. The van der Waals surface area contributed by atoms with Gasteiger partial charge in [0.15, 0.2) is 23.3 Å². The number of hydrogen-bond donors (Lipinski definition) is 1. The molecular formula is C14H10ClF4NO. The standard InChI is InChI=1S/C14H10ClF4NO/c1-21-11-4-2-3-8(15)7(11)6-20-14-12(18)9(16)5-10(17)13(14)19/h2-5,20H,6H2,1H3. The van der Waals surface area contributed by atoms with Gasteiger partial charge in [0.25, 0.3) is 0 Å². The Morgan fingerprint density at radius 3 is 2.29 bits per heavy atom.